The van der Waals surface area contributed by atoms with Gasteiger partial charge in [-0.15, -0.1) is 0 Å². The van der Waals surface area contributed by atoms with Crippen molar-refractivity contribution < 1.29 is 4.74 Å². The van der Waals surface area contributed by atoms with Crippen molar-refractivity contribution in [2.45, 2.75) is 27.3 Å². The molecule has 0 saturated heterocycles. The molecule has 0 atom stereocenters. The molecule has 1 N–H and O–H groups in total. The number of halogens is 1. The normalized spacial score (nSPS) is 11.1. The number of hydrogen-bond acceptors (Lipinski definition) is 3. The Labute approximate surface area is 114 Å². The first-order valence-corrected chi connectivity index (χ1v) is 6.39. The molecular weight excluding hydrogens is 248 g/mol. The first-order valence-electron chi connectivity index (χ1n) is 6.01. The Morgan fingerprint density at radius 2 is 2.17 bits per heavy atom. The van der Waals surface area contributed by atoms with E-state index in [4.69, 9.17) is 21.6 Å². The molecule has 1 aromatic rings. The second kappa shape index (κ2) is 6.63. The zero-order valence-corrected chi connectivity index (χ0v) is 11.8. The number of ether oxygens (including phenoxy) is 1. The number of hydrogen-bond donors (Lipinski definition) is 1. The van der Waals surface area contributed by atoms with Gasteiger partial charge in [0.2, 0.25) is 0 Å². The van der Waals surface area contributed by atoms with Crippen LogP contribution in [-0.2, 0) is 6.54 Å². The summed E-state index contributed by atoms with van der Waals surface area (Å²) in [5.41, 5.74) is 0.729. The average Bonchev–Trinajstić information content (AvgIpc) is 2.32. The first-order chi connectivity index (χ1) is 8.48. The van der Waals surface area contributed by atoms with Crippen molar-refractivity contribution in [3.63, 3.8) is 0 Å². The van der Waals surface area contributed by atoms with Gasteiger partial charge in [-0.05, 0) is 38.5 Å². The third kappa shape index (κ3) is 4.56. The van der Waals surface area contributed by atoms with Crippen LogP contribution in [-0.4, -0.2) is 13.2 Å². The molecule has 0 heterocycles. The van der Waals surface area contributed by atoms with Gasteiger partial charge in [-0.25, -0.2) is 0 Å². The van der Waals surface area contributed by atoms with Crippen LogP contribution in [0.3, 0.4) is 0 Å². The molecule has 4 heteroatoms. The standard InChI is InChI=1S/C14H19ClN2O/c1-4-18-13-6-5-11(7-12(13)15)8-17-10-14(2,3)9-16/h5-7,17H,4,8,10H2,1-3H3. The minimum atomic E-state index is -0.352. The van der Waals surface area contributed by atoms with E-state index in [2.05, 4.69) is 11.4 Å². The quantitative estimate of drug-likeness (QED) is 0.859. The number of nitrogens with zero attached hydrogens (tertiary/aromatic N) is 1. The number of nitriles is 1. The molecule has 0 unspecified atom stereocenters. The maximum Gasteiger partial charge on any atom is 0.137 e. The summed E-state index contributed by atoms with van der Waals surface area (Å²) in [4.78, 5) is 0. The Bertz CT molecular complexity index is 438. The summed E-state index contributed by atoms with van der Waals surface area (Å²) < 4.78 is 5.37. The third-order valence-electron chi connectivity index (χ3n) is 2.49. The molecular formula is C14H19ClN2O. The zero-order valence-electron chi connectivity index (χ0n) is 11.1. The van der Waals surface area contributed by atoms with E-state index >= 15 is 0 Å². The highest BCUT2D eigenvalue weighted by atomic mass is 35.5. The summed E-state index contributed by atoms with van der Waals surface area (Å²) >= 11 is 6.10. The van der Waals surface area contributed by atoms with Crippen LogP contribution in [0.25, 0.3) is 0 Å². The van der Waals surface area contributed by atoms with Crippen LogP contribution in [0, 0.1) is 16.7 Å². The van der Waals surface area contributed by atoms with Gasteiger partial charge in [-0.2, -0.15) is 5.26 Å². The summed E-state index contributed by atoms with van der Waals surface area (Å²) in [6, 6.07) is 7.99. The van der Waals surface area contributed by atoms with Gasteiger partial charge in [0.05, 0.1) is 23.1 Å². The van der Waals surface area contributed by atoms with Crippen molar-refractivity contribution in [1.29, 1.82) is 5.26 Å². The number of nitrogens with one attached hydrogen (secondary N) is 1. The maximum atomic E-state index is 8.90. The largest absolute Gasteiger partial charge is 0.492 e. The van der Waals surface area contributed by atoms with Crippen molar-refractivity contribution in [1.82, 2.24) is 5.32 Å². The van der Waals surface area contributed by atoms with Crippen LogP contribution >= 0.6 is 11.6 Å². The summed E-state index contributed by atoms with van der Waals surface area (Å²) in [6.07, 6.45) is 0. The van der Waals surface area contributed by atoms with Crippen LogP contribution in [0.4, 0.5) is 0 Å². The molecule has 0 spiro atoms. The van der Waals surface area contributed by atoms with Gasteiger partial charge in [-0.3, -0.25) is 0 Å². The number of rotatable bonds is 6. The van der Waals surface area contributed by atoms with E-state index in [0.29, 0.717) is 30.5 Å². The third-order valence-corrected chi connectivity index (χ3v) is 2.79. The molecule has 1 rings (SSSR count). The molecule has 0 saturated carbocycles. The van der Waals surface area contributed by atoms with Crippen LogP contribution in [0.5, 0.6) is 5.75 Å². The van der Waals surface area contributed by atoms with Crippen LogP contribution < -0.4 is 10.1 Å². The van der Waals surface area contributed by atoms with Gasteiger partial charge in [0.15, 0.2) is 0 Å². The Kier molecular flexibility index (Phi) is 5.46. The summed E-state index contributed by atoms with van der Waals surface area (Å²) in [7, 11) is 0. The molecule has 0 amide bonds. The van der Waals surface area contributed by atoms with E-state index in [1.807, 2.05) is 39.0 Å². The minimum absolute atomic E-state index is 0.352. The predicted molar refractivity (Wildman–Crippen MR) is 73.7 cm³/mol. The molecule has 1 aromatic carbocycles. The topological polar surface area (TPSA) is 45.0 Å². The van der Waals surface area contributed by atoms with Crippen LogP contribution in [0.1, 0.15) is 26.3 Å². The smallest absolute Gasteiger partial charge is 0.137 e. The van der Waals surface area contributed by atoms with Crippen molar-refractivity contribution in [2.24, 2.45) is 5.41 Å². The predicted octanol–water partition coefficient (Wildman–Crippen LogP) is 3.38. The fourth-order valence-electron chi connectivity index (χ4n) is 1.49. The second-order valence-electron chi connectivity index (χ2n) is 4.80. The van der Waals surface area contributed by atoms with E-state index in [9.17, 15) is 0 Å². The molecule has 98 valence electrons. The zero-order chi connectivity index (χ0) is 13.6. The fourth-order valence-corrected chi connectivity index (χ4v) is 1.74. The van der Waals surface area contributed by atoms with Crippen LogP contribution in [0.15, 0.2) is 18.2 Å². The lowest BCUT2D eigenvalue weighted by Crippen LogP contribution is -2.27. The molecule has 0 radical (unpaired) electrons. The van der Waals surface area contributed by atoms with Gasteiger partial charge < -0.3 is 10.1 Å². The first kappa shape index (κ1) is 14.8. The van der Waals surface area contributed by atoms with E-state index in [0.717, 1.165) is 5.56 Å². The van der Waals surface area contributed by atoms with Gasteiger partial charge in [0, 0.05) is 13.1 Å². The molecule has 0 aromatic heterocycles. The second-order valence-corrected chi connectivity index (χ2v) is 5.20. The summed E-state index contributed by atoms with van der Waals surface area (Å²) in [5, 5.41) is 12.8. The SMILES string of the molecule is CCOc1ccc(CNCC(C)(C)C#N)cc1Cl. The highest BCUT2D eigenvalue weighted by molar-refractivity contribution is 6.32. The van der Waals surface area contributed by atoms with Gasteiger partial charge in [-0.1, -0.05) is 17.7 Å². The van der Waals surface area contributed by atoms with E-state index < -0.39 is 0 Å². The Morgan fingerprint density at radius 3 is 2.72 bits per heavy atom. The summed E-state index contributed by atoms with van der Waals surface area (Å²) in [5.74, 6) is 0.709. The van der Waals surface area contributed by atoms with E-state index in [-0.39, 0.29) is 5.41 Å². The van der Waals surface area contributed by atoms with Crippen molar-refractivity contribution in [3.8, 4) is 11.8 Å². The molecule has 0 fully saturated rings. The number of benzene rings is 1. The lowest BCUT2D eigenvalue weighted by Gasteiger charge is -2.16. The lowest BCUT2D eigenvalue weighted by atomic mass is 9.96. The van der Waals surface area contributed by atoms with Crippen LogP contribution in [0.2, 0.25) is 5.02 Å². The van der Waals surface area contributed by atoms with Crippen molar-refractivity contribution in [2.75, 3.05) is 13.2 Å². The molecule has 0 aliphatic carbocycles. The molecule has 3 nitrogen and oxygen atoms in total. The fraction of sp³-hybridized carbons (Fsp3) is 0.500. The Balaban J connectivity index is 2.54. The van der Waals surface area contributed by atoms with Gasteiger partial charge in [0.1, 0.15) is 5.75 Å². The van der Waals surface area contributed by atoms with Crippen molar-refractivity contribution >= 4 is 11.6 Å². The summed E-state index contributed by atoms with van der Waals surface area (Å²) in [6.45, 7) is 7.69. The average molecular weight is 267 g/mol. The van der Waals surface area contributed by atoms with E-state index in [1.54, 1.807) is 0 Å². The monoisotopic (exact) mass is 266 g/mol. The molecule has 0 aliphatic rings. The van der Waals surface area contributed by atoms with E-state index in [1.165, 1.54) is 0 Å². The van der Waals surface area contributed by atoms with Crippen molar-refractivity contribution in [3.05, 3.63) is 28.8 Å². The molecule has 18 heavy (non-hydrogen) atoms. The lowest BCUT2D eigenvalue weighted by molar-refractivity contribution is 0.340. The van der Waals surface area contributed by atoms with Gasteiger partial charge >= 0.3 is 0 Å². The Morgan fingerprint density at radius 1 is 1.44 bits per heavy atom. The van der Waals surface area contributed by atoms with Gasteiger partial charge in [0.25, 0.3) is 0 Å². The highest BCUT2D eigenvalue weighted by Gasteiger charge is 2.15. The Hall–Kier alpha value is -1.24. The molecule has 0 bridgehead atoms. The highest BCUT2D eigenvalue weighted by Crippen LogP contribution is 2.25. The maximum absolute atomic E-state index is 8.90. The molecule has 0 aliphatic heterocycles. The minimum Gasteiger partial charge on any atom is -0.492 e.